The van der Waals surface area contributed by atoms with E-state index in [2.05, 4.69) is 26.1 Å². The van der Waals surface area contributed by atoms with E-state index in [0.29, 0.717) is 11.5 Å². The Hall–Kier alpha value is -5.11. The number of nitrogens with zero attached hydrogens (tertiary/aromatic N) is 1. The van der Waals surface area contributed by atoms with Crippen LogP contribution in [0.1, 0.15) is 63.8 Å². The van der Waals surface area contributed by atoms with Crippen molar-refractivity contribution in [3.63, 3.8) is 0 Å². The van der Waals surface area contributed by atoms with Crippen molar-refractivity contribution < 1.29 is 29.0 Å². The van der Waals surface area contributed by atoms with E-state index in [1.807, 2.05) is 97.1 Å². The maximum absolute atomic E-state index is 13.8. The van der Waals surface area contributed by atoms with Crippen LogP contribution in [0.2, 0.25) is 0 Å². The Kier molecular flexibility index (Phi) is 9.94. The topological polar surface area (TPSA) is 105 Å². The molecule has 0 spiro atoms. The molecule has 5 rings (SSSR count). The van der Waals surface area contributed by atoms with Gasteiger partial charge in [0, 0.05) is 12.8 Å². The third-order valence-electron chi connectivity index (χ3n) is 8.31. The Balaban J connectivity index is 1.34. The van der Waals surface area contributed by atoms with Crippen molar-refractivity contribution in [3.05, 3.63) is 119 Å². The third-order valence-corrected chi connectivity index (χ3v) is 8.31. The number of ether oxygens (including phenoxy) is 2. The number of rotatable bonds is 8. The summed E-state index contributed by atoms with van der Waals surface area (Å²) < 4.78 is 11.8. The van der Waals surface area contributed by atoms with Gasteiger partial charge in [0.2, 0.25) is 5.91 Å². The van der Waals surface area contributed by atoms with Crippen LogP contribution >= 0.6 is 0 Å². The van der Waals surface area contributed by atoms with Crippen molar-refractivity contribution in [1.29, 1.82) is 0 Å². The Morgan fingerprint density at radius 1 is 0.812 bits per heavy atom. The highest BCUT2D eigenvalue weighted by molar-refractivity contribution is 5.90. The molecule has 1 aliphatic rings. The lowest BCUT2D eigenvalue weighted by Gasteiger charge is -2.37. The van der Waals surface area contributed by atoms with Crippen LogP contribution in [0, 0.1) is 0 Å². The minimum Gasteiger partial charge on any atom is -0.480 e. The SMILES string of the molecule is CC(C)(C)OC(=O)N1Cc2cc(Oc3ccc(C(C)(C)C)cc3)ccc2CC1C(=O)N[C@@H](Cc1ccc(-c2ccccc2)cc1)C(=O)O. The van der Waals surface area contributed by atoms with Crippen LogP contribution in [-0.2, 0) is 39.1 Å². The molecule has 1 unspecified atom stereocenters. The Morgan fingerprint density at radius 2 is 1.44 bits per heavy atom. The summed E-state index contributed by atoms with van der Waals surface area (Å²) in [5.41, 5.74) is 4.95. The van der Waals surface area contributed by atoms with E-state index < -0.39 is 35.7 Å². The van der Waals surface area contributed by atoms with E-state index in [4.69, 9.17) is 9.47 Å². The number of carbonyl (C=O) groups excluding carboxylic acids is 2. The minimum atomic E-state index is -1.19. The Labute approximate surface area is 282 Å². The molecule has 0 aromatic heterocycles. The lowest BCUT2D eigenvalue weighted by Crippen LogP contribution is -2.56. The fraction of sp³-hybridized carbons (Fsp3) is 0.325. The summed E-state index contributed by atoms with van der Waals surface area (Å²) in [4.78, 5) is 41.0. The number of aliphatic carboxylic acids is 1. The lowest BCUT2D eigenvalue weighted by atomic mass is 9.87. The summed E-state index contributed by atoms with van der Waals surface area (Å²) in [6.07, 6.45) is -0.372. The molecule has 2 N–H and O–H groups in total. The van der Waals surface area contributed by atoms with Gasteiger partial charge in [-0.15, -0.1) is 0 Å². The van der Waals surface area contributed by atoms with Crippen LogP contribution in [0.4, 0.5) is 4.79 Å². The zero-order valence-electron chi connectivity index (χ0n) is 28.4. The highest BCUT2D eigenvalue weighted by Gasteiger charge is 2.38. The number of benzene rings is 4. The van der Waals surface area contributed by atoms with Gasteiger partial charge in [-0.1, -0.05) is 93.6 Å². The van der Waals surface area contributed by atoms with Gasteiger partial charge < -0.3 is 19.9 Å². The summed E-state index contributed by atoms with van der Waals surface area (Å²) in [7, 11) is 0. The molecule has 0 saturated carbocycles. The minimum absolute atomic E-state index is 0.0247. The molecule has 0 radical (unpaired) electrons. The van der Waals surface area contributed by atoms with Crippen LogP contribution in [0.25, 0.3) is 11.1 Å². The molecule has 4 aromatic carbocycles. The van der Waals surface area contributed by atoms with E-state index >= 15 is 0 Å². The van der Waals surface area contributed by atoms with Gasteiger partial charge in [-0.2, -0.15) is 0 Å². The summed E-state index contributed by atoms with van der Waals surface area (Å²) >= 11 is 0. The van der Waals surface area contributed by atoms with Crippen LogP contribution in [0.15, 0.2) is 97.1 Å². The second-order valence-electron chi connectivity index (χ2n) is 14.3. The Bertz CT molecular complexity index is 1750. The molecule has 1 heterocycles. The van der Waals surface area contributed by atoms with Crippen molar-refractivity contribution in [3.8, 4) is 22.6 Å². The highest BCUT2D eigenvalue weighted by Crippen LogP contribution is 2.32. The molecular formula is C40H44N2O6. The molecule has 0 bridgehead atoms. The molecule has 2 atom stereocenters. The quantitative estimate of drug-likeness (QED) is 0.201. The van der Waals surface area contributed by atoms with Crippen LogP contribution in [-0.4, -0.2) is 45.7 Å². The number of carboxylic acid groups (broad SMARTS) is 1. The summed E-state index contributed by atoms with van der Waals surface area (Å²) in [5, 5.41) is 12.8. The van der Waals surface area contributed by atoms with Gasteiger partial charge in [-0.3, -0.25) is 9.69 Å². The standard InChI is InChI=1S/C40H44N2O6/c1-39(2,3)31-17-20-32(21-18-31)47-33-19-16-29-24-35(42(25-30(29)23-33)38(46)48-40(4,5)6)36(43)41-34(37(44)45)22-26-12-14-28(15-13-26)27-10-8-7-9-11-27/h7-21,23,34-35H,22,24-25H2,1-6H3,(H,41,43)(H,44,45)/t34-,35?/m0/s1. The summed E-state index contributed by atoms with van der Waals surface area (Å²) in [6, 6.07) is 28.9. The molecule has 4 aromatic rings. The van der Waals surface area contributed by atoms with Crippen molar-refractivity contribution in [2.45, 2.75) is 84.0 Å². The molecule has 1 aliphatic heterocycles. The second kappa shape index (κ2) is 13.9. The van der Waals surface area contributed by atoms with Crippen molar-refractivity contribution in [2.24, 2.45) is 0 Å². The van der Waals surface area contributed by atoms with Crippen molar-refractivity contribution in [2.75, 3.05) is 0 Å². The molecule has 8 heteroatoms. The van der Waals surface area contributed by atoms with Crippen LogP contribution < -0.4 is 10.1 Å². The van der Waals surface area contributed by atoms with Gasteiger partial charge in [0.05, 0.1) is 6.54 Å². The zero-order chi connectivity index (χ0) is 34.6. The largest absolute Gasteiger partial charge is 0.480 e. The number of carbonyl (C=O) groups is 3. The molecule has 0 aliphatic carbocycles. The van der Waals surface area contributed by atoms with Crippen molar-refractivity contribution >= 4 is 18.0 Å². The van der Waals surface area contributed by atoms with E-state index in [-0.39, 0.29) is 24.8 Å². The van der Waals surface area contributed by atoms with Gasteiger partial charge >= 0.3 is 12.1 Å². The maximum atomic E-state index is 13.8. The maximum Gasteiger partial charge on any atom is 0.411 e. The zero-order valence-corrected chi connectivity index (χ0v) is 28.4. The summed E-state index contributed by atoms with van der Waals surface area (Å²) in [5.74, 6) is -0.421. The smallest absolute Gasteiger partial charge is 0.411 e. The number of nitrogens with one attached hydrogen (secondary N) is 1. The monoisotopic (exact) mass is 648 g/mol. The fourth-order valence-corrected chi connectivity index (χ4v) is 5.70. The number of fused-ring (bicyclic) bond motifs is 1. The second-order valence-corrected chi connectivity index (χ2v) is 14.3. The average Bonchev–Trinajstić information content (AvgIpc) is 3.03. The molecule has 0 saturated heterocycles. The molecule has 8 nitrogen and oxygen atoms in total. The number of carboxylic acids is 1. The predicted molar refractivity (Wildman–Crippen MR) is 186 cm³/mol. The molecule has 48 heavy (non-hydrogen) atoms. The molecule has 250 valence electrons. The molecule has 0 fully saturated rings. The average molecular weight is 649 g/mol. The first kappa shape index (κ1) is 34.2. The Morgan fingerprint density at radius 3 is 2.04 bits per heavy atom. The first-order chi connectivity index (χ1) is 22.7. The highest BCUT2D eigenvalue weighted by atomic mass is 16.6. The van der Waals surface area contributed by atoms with Gasteiger partial charge in [0.1, 0.15) is 29.2 Å². The number of hydrogen-bond donors (Lipinski definition) is 2. The first-order valence-corrected chi connectivity index (χ1v) is 16.2. The van der Waals surface area contributed by atoms with E-state index in [9.17, 15) is 19.5 Å². The van der Waals surface area contributed by atoms with Crippen LogP contribution in [0.3, 0.4) is 0 Å². The van der Waals surface area contributed by atoms with Gasteiger partial charge in [0.15, 0.2) is 0 Å². The normalized spacial score (nSPS) is 15.2. The van der Waals surface area contributed by atoms with E-state index in [0.717, 1.165) is 27.8 Å². The third kappa shape index (κ3) is 8.62. The fourth-order valence-electron chi connectivity index (χ4n) is 5.70. The predicted octanol–water partition coefficient (Wildman–Crippen LogP) is 7.92. The van der Waals surface area contributed by atoms with E-state index in [1.165, 1.54) is 10.5 Å². The van der Waals surface area contributed by atoms with Gasteiger partial charge in [0.25, 0.3) is 0 Å². The number of amides is 2. The van der Waals surface area contributed by atoms with Gasteiger partial charge in [-0.25, -0.2) is 9.59 Å². The summed E-state index contributed by atoms with van der Waals surface area (Å²) in [6.45, 7) is 11.9. The molecular weight excluding hydrogens is 604 g/mol. The van der Waals surface area contributed by atoms with Crippen molar-refractivity contribution in [1.82, 2.24) is 10.2 Å². The lowest BCUT2D eigenvalue weighted by molar-refractivity contribution is -0.142. The van der Waals surface area contributed by atoms with Crippen LogP contribution in [0.5, 0.6) is 11.5 Å². The number of hydrogen-bond acceptors (Lipinski definition) is 5. The first-order valence-electron chi connectivity index (χ1n) is 16.2. The van der Waals surface area contributed by atoms with Gasteiger partial charge in [-0.05, 0) is 83.8 Å². The molecule has 2 amide bonds. The van der Waals surface area contributed by atoms with E-state index in [1.54, 1.807) is 20.8 Å².